The smallest absolute Gasteiger partial charge is 0.225 e. The molecule has 2 aromatic heterocycles. The predicted octanol–water partition coefficient (Wildman–Crippen LogP) is 3.84. The molecule has 0 unspecified atom stereocenters. The Labute approximate surface area is 154 Å². The third-order valence-electron chi connectivity index (χ3n) is 3.44. The van der Waals surface area contributed by atoms with Gasteiger partial charge < -0.3 is 15.7 Å². The van der Waals surface area contributed by atoms with Gasteiger partial charge in [-0.15, -0.1) is 0 Å². The number of nitrogens with one attached hydrogen (secondary N) is 2. The molecule has 3 rings (SSSR count). The summed E-state index contributed by atoms with van der Waals surface area (Å²) < 4.78 is 0.936. The summed E-state index contributed by atoms with van der Waals surface area (Å²) in [5.41, 5.74) is 2.34. The van der Waals surface area contributed by atoms with Gasteiger partial charge in [-0.2, -0.15) is 4.98 Å². The molecule has 0 bridgehead atoms. The summed E-state index contributed by atoms with van der Waals surface area (Å²) in [7, 11) is 0. The molecule has 25 heavy (non-hydrogen) atoms. The first-order chi connectivity index (χ1) is 12.2. The van der Waals surface area contributed by atoms with E-state index in [2.05, 4.69) is 41.5 Å². The fourth-order valence-corrected chi connectivity index (χ4v) is 2.57. The summed E-state index contributed by atoms with van der Waals surface area (Å²) in [6.45, 7) is 1.85. The minimum atomic E-state index is -0.157. The maximum atomic E-state index is 9.27. The van der Waals surface area contributed by atoms with Crippen molar-refractivity contribution < 1.29 is 5.11 Å². The monoisotopic (exact) mass is 399 g/mol. The second-order valence-electron chi connectivity index (χ2n) is 5.51. The number of benzene rings is 1. The van der Waals surface area contributed by atoms with Gasteiger partial charge in [0.25, 0.3) is 0 Å². The van der Waals surface area contributed by atoms with Crippen LogP contribution in [0.5, 0.6) is 0 Å². The van der Waals surface area contributed by atoms with E-state index in [-0.39, 0.29) is 12.6 Å². The molecule has 0 saturated carbocycles. The minimum absolute atomic E-state index is 0.00975. The quantitative estimate of drug-likeness (QED) is 0.583. The molecule has 2 heterocycles. The molecule has 3 N–H and O–H groups in total. The third-order valence-corrected chi connectivity index (χ3v) is 4.13. The van der Waals surface area contributed by atoms with Crippen LogP contribution in [0.3, 0.4) is 0 Å². The Morgan fingerprint density at radius 3 is 2.60 bits per heavy atom. The second-order valence-corrected chi connectivity index (χ2v) is 6.36. The number of halogens is 1. The summed E-state index contributed by atoms with van der Waals surface area (Å²) in [5, 5.41) is 15.6. The van der Waals surface area contributed by atoms with Gasteiger partial charge in [0, 0.05) is 22.8 Å². The Morgan fingerprint density at radius 2 is 1.88 bits per heavy atom. The van der Waals surface area contributed by atoms with E-state index >= 15 is 0 Å². The zero-order valence-corrected chi connectivity index (χ0v) is 15.2. The van der Waals surface area contributed by atoms with Crippen LogP contribution >= 0.6 is 15.9 Å². The number of pyridine rings is 1. The van der Waals surface area contributed by atoms with Gasteiger partial charge in [-0.05, 0) is 47.1 Å². The van der Waals surface area contributed by atoms with E-state index in [1.807, 2.05) is 55.5 Å². The average molecular weight is 400 g/mol. The topological polar surface area (TPSA) is 83.0 Å². The molecule has 0 aliphatic rings. The highest BCUT2D eigenvalue weighted by atomic mass is 79.9. The molecule has 1 atom stereocenters. The van der Waals surface area contributed by atoms with E-state index < -0.39 is 0 Å². The van der Waals surface area contributed by atoms with Crippen molar-refractivity contribution in [2.45, 2.75) is 13.0 Å². The van der Waals surface area contributed by atoms with Crippen molar-refractivity contribution in [1.82, 2.24) is 15.0 Å². The molecule has 0 saturated heterocycles. The van der Waals surface area contributed by atoms with Crippen LogP contribution in [0.1, 0.15) is 6.92 Å². The molecule has 128 valence electrons. The zero-order chi connectivity index (χ0) is 17.6. The second kappa shape index (κ2) is 8.04. The number of nitrogens with zero attached hydrogens (tertiary/aromatic N) is 3. The minimum Gasteiger partial charge on any atom is -0.394 e. The lowest BCUT2D eigenvalue weighted by Gasteiger charge is -2.14. The summed E-state index contributed by atoms with van der Waals surface area (Å²) >= 11 is 3.52. The maximum absolute atomic E-state index is 9.27. The number of aromatic nitrogens is 3. The molecule has 0 amide bonds. The lowest BCUT2D eigenvalue weighted by atomic mass is 10.2. The number of anilines is 3. The van der Waals surface area contributed by atoms with Crippen LogP contribution in [0.4, 0.5) is 17.5 Å². The molecule has 0 fully saturated rings. The van der Waals surface area contributed by atoms with Crippen LogP contribution in [0.15, 0.2) is 59.2 Å². The van der Waals surface area contributed by atoms with Crippen LogP contribution in [-0.4, -0.2) is 32.7 Å². The van der Waals surface area contributed by atoms with Crippen molar-refractivity contribution in [2.24, 2.45) is 0 Å². The molecule has 0 aliphatic carbocycles. The van der Waals surface area contributed by atoms with Gasteiger partial charge in [0.1, 0.15) is 5.82 Å². The maximum Gasteiger partial charge on any atom is 0.225 e. The van der Waals surface area contributed by atoms with Crippen molar-refractivity contribution in [3.05, 3.63) is 59.2 Å². The van der Waals surface area contributed by atoms with Crippen LogP contribution in [0.25, 0.3) is 11.4 Å². The van der Waals surface area contributed by atoms with Gasteiger partial charge in [-0.25, -0.2) is 4.98 Å². The van der Waals surface area contributed by atoms with Crippen molar-refractivity contribution in [3.8, 4) is 11.4 Å². The number of para-hydroxylation sites is 1. The first kappa shape index (κ1) is 17.3. The molecule has 7 heteroatoms. The SMILES string of the molecule is C[C@@H](CO)Nc1nc(Nc2ccccc2Br)cc(-c2ccccn2)n1. The highest BCUT2D eigenvalue weighted by Gasteiger charge is 2.10. The number of hydrogen-bond acceptors (Lipinski definition) is 6. The zero-order valence-electron chi connectivity index (χ0n) is 13.6. The number of aliphatic hydroxyl groups excluding tert-OH is 1. The number of aliphatic hydroxyl groups is 1. The predicted molar refractivity (Wildman–Crippen MR) is 103 cm³/mol. The van der Waals surface area contributed by atoms with Gasteiger partial charge in [-0.1, -0.05) is 18.2 Å². The van der Waals surface area contributed by atoms with Gasteiger partial charge in [0.05, 0.1) is 23.7 Å². The van der Waals surface area contributed by atoms with Crippen molar-refractivity contribution in [1.29, 1.82) is 0 Å². The molecular formula is C18H18BrN5O. The number of rotatable bonds is 6. The van der Waals surface area contributed by atoms with Gasteiger partial charge in [-0.3, -0.25) is 4.98 Å². The van der Waals surface area contributed by atoms with Crippen LogP contribution < -0.4 is 10.6 Å². The molecule has 0 spiro atoms. The Morgan fingerprint density at radius 1 is 1.08 bits per heavy atom. The largest absolute Gasteiger partial charge is 0.394 e. The van der Waals surface area contributed by atoms with Crippen LogP contribution in [0.2, 0.25) is 0 Å². The fourth-order valence-electron chi connectivity index (χ4n) is 2.19. The van der Waals surface area contributed by atoms with E-state index in [4.69, 9.17) is 0 Å². The van der Waals surface area contributed by atoms with Gasteiger partial charge in [0.15, 0.2) is 0 Å². The van der Waals surface area contributed by atoms with Crippen molar-refractivity contribution >= 4 is 33.4 Å². The summed E-state index contributed by atoms with van der Waals surface area (Å²) in [4.78, 5) is 13.3. The molecule has 3 aromatic rings. The summed E-state index contributed by atoms with van der Waals surface area (Å²) in [6.07, 6.45) is 1.72. The van der Waals surface area contributed by atoms with Crippen LogP contribution in [-0.2, 0) is 0 Å². The van der Waals surface area contributed by atoms with E-state index in [1.54, 1.807) is 6.20 Å². The molecule has 1 aromatic carbocycles. The average Bonchev–Trinajstić information content (AvgIpc) is 2.64. The molecule has 6 nitrogen and oxygen atoms in total. The standard InChI is InChI=1S/C18H18BrN5O/c1-12(11-25)21-18-23-16(15-8-4-5-9-20-15)10-17(24-18)22-14-7-3-2-6-13(14)19/h2-10,12,25H,11H2,1H3,(H2,21,22,23,24)/t12-/m0/s1. The van der Waals surface area contributed by atoms with E-state index in [9.17, 15) is 5.11 Å². The fraction of sp³-hybridized carbons (Fsp3) is 0.167. The Kier molecular flexibility index (Phi) is 5.57. The molecule has 0 radical (unpaired) electrons. The highest BCUT2D eigenvalue weighted by molar-refractivity contribution is 9.10. The van der Waals surface area contributed by atoms with Crippen molar-refractivity contribution in [3.63, 3.8) is 0 Å². The van der Waals surface area contributed by atoms with E-state index in [1.165, 1.54) is 0 Å². The van der Waals surface area contributed by atoms with Crippen LogP contribution in [0, 0.1) is 0 Å². The first-order valence-electron chi connectivity index (χ1n) is 7.85. The number of hydrogen-bond donors (Lipinski definition) is 3. The lowest BCUT2D eigenvalue weighted by molar-refractivity contribution is 0.281. The molecular weight excluding hydrogens is 382 g/mol. The van der Waals surface area contributed by atoms with Gasteiger partial charge >= 0.3 is 0 Å². The van der Waals surface area contributed by atoms with Crippen molar-refractivity contribution in [2.75, 3.05) is 17.2 Å². The first-order valence-corrected chi connectivity index (χ1v) is 8.64. The van der Waals surface area contributed by atoms with Gasteiger partial charge in [0.2, 0.25) is 5.95 Å². The Balaban J connectivity index is 1.99. The summed E-state index contributed by atoms with van der Waals surface area (Å²) in [6, 6.07) is 15.2. The molecule has 0 aliphatic heterocycles. The third kappa shape index (κ3) is 4.52. The highest BCUT2D eigenvalue weighted by Crippen LogP contribution is 2.27. The summed E-state index contributed by atoms with van der Waals surface area (Å²) in [5.74, 6) is 1.06. The normalized spacial score (nSPS) is 11.8. The van der Waals surface area contributed by atoms with E-state index in [0.717, 1.165) is 15.9 Å². The lowest BCUT2D eigenvalue weighted by Crippen LogP contribution is -2.21. The Hall–Kier alpha value is -2.51. The Bertz CT molecular complexity index is 844. The van der Waals surface area contributed by atoms with E-state index in [0.29, 0.717) is 17.5 Å².